The molecule has 17 heavy (non-hydrogen) atoms. The summed E-state index contributed by atoms with van der Waals surface area (Å²) in [7, 11) is 0. The molecule has 1 aromatic carbocycles. The summed E-state index contributed by atoms with van der Waals surface area (Å²) < 4.78 is 5.70. The van der Waals surface area contributed by atoms with Gasteiger partial charge in [-0.3, -0.25) is 0 Å². The van der Waals surface area contributed by atoms with Gasteiger partial charge < -0.3 is 9.84 Å². The van der Waals surface area contributed by atoms with E-state index in [0.29, 0.717) is 13.0 Å². The van der Waals surface area contributed by atoms with Crippen LogP contribution >= 0.6 is 11.6 Å². The van der Waals surface area contributed by atoms with Crippen LogP contribution in [0.5, 0.6) is 0 Å². The second kappa shape index (κ2) is 5.50. The van der Waals surface area contributed by atoms with Gasteiger partial charge in [-0.25, -0.2) is 0 Å². The predicted molar refractivity (Wildman–Crippen MR) is 68.7 cm³/mol. The van der Waals surface area contributed by atoms with Gasteiger partial charge in [0, 0.05) is 6.42 Å². The Morgan fingerprint density at radius 3 is 2.65 bits per heavy atom. The Morgan fingerprint density at radius 1 is 1.29 bits per heavy atom. The van der Waals surface area contributed by atoms with Gasteiger partial charge in [0.15, 0.2) is 5.06 Å². The van der Waals surface area contributed by atoms with Crippen LogP contribution in [0.4, 0.5) is 0 Å². The molecule has 1 N–H and O–H groups in total. The van der Waals surface area contributed by atoms with E-state index >= 15 is 0 Å². The molecule has 3 heteroatoms. The third-order valence-corrected chi connectivity index (χ3v) is 3.08. The number of ether oxygens (including phenoxy) is 1. The first-order valence-corrected chi connectivity index (χ1v) is 5.95. The van der Waals surface area contributed by atoms with Crippen LogP contribution in [0.25, 0.3) is 0 Å². The Labute approximate surface area is 106 Å². The van der Waals surface area contributed by atoms with Crippen LogP contribution in [0.1, 0.15) is 12.0 Å². The Bertz CT molecular complexity index is 425. The lowest BCUT2D eigenvalue weighted by atomic mass is 10.1. The first kappa shape index (κ1) is 12.4. The first-order chi connectivity index (χ1) is 8.22. The molecular formula is C14H15ClO2. The van der Waals surface area contributed by atoms with E-state index in [-0.39, 0.29) is 6.61 Å². The van der Waals surface area contributed by atoms with Crippen LogP contribution in [-0.2, 0) is 11.3 Å². The Balaban J connectivity index is 1.92. The van der Waals surface area contributed by atoms with E-state index in [2.05, 4.69) is 0 Å². The second-order valence-corrected chi connectivity index (χ2v) is 4.67. The van der Waals surface area contributed by atoms with E-state index in [1.54, 1.807) is 6.08 Å². The quantitative estimate of drug-likeness (QED) is 0.833. The lowest BCUT2D eigenvalue weighted by molar-refractivity contribution is 0.0415. The van der Waals surface area contributed by atoms with Crippen LogP contribution in [0.2, 0.25) is 0 Å². The molecule has 1 aliphatic carbocycles. The zero-order valence-electron chi connectivity index (χ0n) is 9.47. The number of alkyl halides is 1. The fourth-order valence-electron chi connectivity index (χ4n) is 1.64. The summed E-state index contributed by atoms with van der Waals surface area (Å²) in [5, 5.41) is 8.18. The molecule has 2 rings (SSSR count). The van der Waals surface area contributed by atoms with Crippen molar-refractivity contribution in [2.45, 2.75) is 18.1 Å². The lowest BCUT2D eigenvalue weighted by Gasteiger charge is -2.25. The van der Waals surface area contributed by atoms with Gasteiger partial charge in [-0.15, -0.1) is 0 Å². The SMILES string of the molecule is OCC1=CCC(Cl)(OCc2ccccc2)C=C1. The molecule has 0 saturated heterocycles. The molecule has 90 valence electrons. The molecule has 0 spiro atoms. The van der Waals surface area contributed by atoms with Gasteiger partial charge in [0.2, 0.25) is 0 Å². The molecule has 1 aromatic rings. The minimum Gasteiger partial charge on any atom is -0.392 e. The number of benzene rings is 1. The monoisotopic (exact) mass is 250 g/mol. The van der Waals surface area contributed by atoms with Gasteiger partial charge in [0.05, 0.1) is 13.2 Å². The Hall–Kier alpha value is -1.09. The third-order valence-electron chi connectivity index (χ3n) is 2.69. The maximum absolute atomic E-state index is 8.97. The average molecular weight is 251 g/mol. The van der Waals surface area contributed by atoms with Crippen molar-refractivity contribution in [1.29, 1.82) is 0 Å². The van der Waals surface area contributed by atoms with Crippen molar-refractivity contribution < 1.29 is 9.84 Å². The summed E-state index contributed by atoms with van der Waals surface area (Å²) in [5.41, 5.74) is 1.97. The summed E-state index contributed by atoms with van der Waals surface area (Å²) in [6, 6.07) is 9.92. The van der Waals surface area contributed by atoms with Crippen molar-refractivity contribution in [3.05, 3.63) is 59.7 Å². The number of aliphatic hydroxyl groups excluding tert-OH is 1. The molecule has 1 atom stereocenters. The van der Waals surface area contributed by atoms with E-state index in [1.807, 2.05) is 42.5 Å². The lowest BCUT2D eigenvalue weighted by Crippen LogP contribution is -2.24. The van der Waals surface area contributed by atoms with Crippen LogP contribution in [-0.4, -0.2) is 16.8 Å². The van der Waals surface area contributed by atoms with E-state index < -0.39 is 5.06 Å². The molecule has 0 heterocycles. The molecule has 0 bridgehead atoms. The van der Waals surface area contributed by atoms with Crippen LogP contribution in [0.3, 0.4) is 0 Å². The predicted octanol–water partition coefficient (Wildman–Crippen LogP) is 3.02. The molecule has 2 nitrogen and oxygen atoms in total. The van der Waals surface area contributed by atoms with Gasteiger partial charge in [-0.05, 0) is 17.2 Å². The largest absolute Gasteiger partial charge is 0.392 e. The minimum absolute atomic E-state index is 0.0438. The highest BCUT2D eigenvalue weighted by molar-refractivity contribution is 6.24. The van der Waals surface area contributed by atoms with E-state index in [4.69, 9.17) is 21.4 Å². The Morgan fingerprint density at radius 2 is 2.06 bits per heavy atom. The topological polar surface area (TPSA) is 29.5 Å². The van der Waals surface area contributed by atoms with Crippen molar-refractivity contribution in [1.82, 2.24) is 0 Å². The van der Waals surface area contributed by atoms with Crippen molar-refractivity contribution in [2.75, 3.05) is 6.61 Å². The zero-order chi connectivity index (χ0) is 12.1. The molecule has 1 unspecified atom stereocenters. The normalized spacial score (nSPS) is 23.5. The molecule has 0 fully saturated rings. The molecule has 0 amide bonds. The van der Waals surface area contributed by atoms with Crippen LogP contribution in [0, 0.1) is 0 Å². The van der Waals surface area contributed by atoms with E-state index in [0.717, 1.165) is 11.1 Å². The number of aliphatic hydroxyl groups is 1. The highest BCUT2D eigenvalue weighted by atomic mass is 35.5. The summed E-state index contributed by atoms with van der Waals surface area (Å²) >= 11 is 6.31. The van der Waals surface area contributed by atoms with Crippen molar-refractivity contribution in [2.24, 2.45) is 0 Å². The summed E-state index contributed by atoms with van der Waals surface area (Å²) in [4.78, 5) is 0. The summed E-state index contributed by atoms with van der Waals surface area (Å²) in [5.74, 6) is 0. The number of hydrogen-bond acceptors (Lipinski definition) is 2. The van der Waals surface area contributed by atoms with Crippen molar-refractivity contribution in [3.8, 4) is 0 Å². The highest BCUT2D eigenvalue weighted by Crippen LogP contribution is 2.30. The molecule has 0 radical (unpaired) electrons. The molecule has 1 aliphatic rings. The minimum atomic E-state index is -0.783. The van der Waals surface area contributed by atoms with Crippen molar-refractivity contribution in [3.63, 3.8) is 0 Å². The van der Waals surface area contributed by atoms with Gasteiger partial charge in [0.25, 0.3) is 0 Å². The molecule has 0 aromatic heterocycles. The second-order valence-electron chi connectivity index (χ2n) is 4.04. The van der Waals surface area contributed by atoms with Crippen LogP contribution < -0.4 is 0 Å². The first-order valence-electron chi connectivity index (χ1n) is 5.58. The van der Waals surface area contributed by atoms with Crippen molar-refractivity contribution >= 4 is 11.6 Å². The fourth-order valence-corrected chi connectivity index (χ4v) is 1.83. The molecule has 0 aliphatic heterocycles. The highest BCUT2D eigenvalue weighted by Gasteiger charge is 2.25. The number of halogens is 1. The van der Waals surface area contributed by atoms with Gasteiger partial charge in [0.1, 0.15) is 0 Å². The number of hydrogen-bond donors (Lipinski definition) is 1. The fraction of sp³-hybridized carbons (Fsp3) is 0.286. The summed E-state index contributed by atoms with van der Waals surface area (Å²) in [6.07, 6.45) is 6.08. The van der Waals surface area contributed by atoms with E-state index in [9.17, 15) is 0 Å². The third kappa shape index (κ3) is 3.43. The number of rotatable bonds is 4. The van der Waals surface area contributed by atoms with Crippen LogP contribution in [0.15, 0.2) is 54.1 Å². The molecule has 0 saturated carbocycles. The van der Waals surface area contributed by atoms with Gasteiger partial charge in [-0.1, -0.05) is 54.1 Å². The maximum Gasteiger partial charge on any atom is 0.164 e. The van der Waals surface area contributed by atoms with Gasteiger partial charge >= 0.3 is 0 Å². The standard InChI is InChI=1S/C14H15ClO2/c15-14(8-6-12(10-16)7-9-14)17-11-13-4-2-1-3-5-13/h1-8,16H,9-11H2. The zero-order valence-corrected chi connectivity index (χ0v) is 10.2. The summed E-state index contributed by atoms with van der Waals surface area (Å²) in [6.45, 7) is 0.527. The van der Waals surface area contributed by atoms with Gasteiger partial charge in [-0.2, -0.15) is 0 Å². The maximum atomic E-state index is 8.97. The Kier molecular flexibility index (Phi) is 4.00. The van der Waals surface area contributed by atoms with E-state index in [1.165, 1.54) is 0 Å². The smallest absolute Gasteiger partial charge is 0.164 e. The average Bonchev–Trinajstić information content (AvgIpc) is 2.39. The molecular weight excluding hydrogens is 236 g/mol.